The molecule has 10 heteroatoms. The normalized spacial score (nSPS) is 14.1. The van der Waals surface area contributed by atoms with Gasteiger partial charge in [-0.25, -0.2) is 9.97 Å². The van der Waals surface area contributed by atoms with Crippen molar-refractivity contribution in [2.24, 2.45) is 0 Å². The number of benzene rings is 2. The van der Waals surface area contributed by atoms with Gasteiger partial charge in [-0.3, -0.25) is 4.79 Å². The summed E-state index contributed by atoms with van der Waals surface area (Å²) in [5.74, 6) is 1.25. The molecule has 1 aliphatic heterocycles. The maximum atomic E-state index is 12.8. The van der Waals surface area contributed by atoms with E-state index in [0.717, 1.165) is 35.0 Å². The highest BCUT2D eigenvalue weighted by atomic mass is 19.4. The third-order valence-electron chi connectivity index (χ3n) is 5.52. The summed E-state index contributed by atoms with van der Waals surface area (Å²) in [6.45, 7) is 1.71. The van der Waals surface area contributed by atoms with E-state index in [1.165, 1.54) is 18.5 Å². The standard InChI is InChI=1S/C24H23F3N4O3/c1-33-19-7-5-17(6-8-19)21-14-22(29-16-28-21)30-9-11-31(12-10-30)23(32)15-34-20-4-2-3-18(13-20)24(25,26)27/h2-8,13-14,16H,9-12,15H2,1H3. The number of piperazine rings is 1. The quantitative estimate of drug-likeness (QED) is 0.542. The Bertz CT molecular complexity index is 1130. The fraction of sp³-hybridized carbons (Fsp3) is 0.292. The second-order valence-electron chi connectivity index (χ2n) is 7.67. The Labute approximate surface area is 194 Å². The topological polar surface area (TPSA) is 67.8 Å². The molecule has 7 nitrogen and oxygen atoms in total. The van der Waals surface area contributed by atoms with Gasteiger partial charge in [0.25, 0.3) is 5.91 Å². The fourth-order valence-corrected chi connectivity index (χ4v) is 3.62. The average Bonchev–Trinajstić information content (AvgIpc) is 2.87. The van der Waals surface area contributed by atoms with E-state index in [0.29, 0.717) is 26.2 Å². The smallest absolute Gasteiger partial charge is 0.416 e. The maximum Gasteiger partial charge on any atom is 0.416 e. The summed E-state index contributed by atoms with van der Waals surface area (Å²) in [4.78, 5) is 24.9. The molecule has 0 unspecified atom stereocenters. The van der Waals surface area contributed by atoms with Crippen LogP contribution in [0.25, 0.3) is 11.3 Å². The highest BCUT2D eigenvalue weighted by Gasteiger charge is 2.30. The van der Waals surface area contributed by atoms with Crippen LogP contribution in [0.3, 0.4) is 0 Å². The molecule has 1 fully saturated rings. The first kappa shape index (κ1) is 23.3. The van der Waals surface area contributed by atoms with Crippen molar-refractivity contribution in [1.82, 2.24) is 14.9 Å². The van der Waals surface area contributed by atoms with Crippen molar-refractivity contribution in [1.29, 1.82) is 0 Å². The molecule has 2 aromatic carbocycles. The first-order chi connectivity index (χ1) is 16.3. The molecule has 0 bridgehead atoms. The van der Waals surface area contributed by atoms with Crippen LogP contribution in [0.4, 0.5) is 19.0 Å². The molecule has 0 saturated carbocycles. The van der Waals surface area contributed by atoms with E-state index in [9.17, 15) is 18.0 Å². The highest BCUT2D eigenvalue weighted by molar-refractivity contribution is 5.78. The van der Waals surface area contributed by atoms with Crippen molar-refractivity contribution in [2.75, 3.05) is 44.8 Å². The van der Waals surface area contributed by atoms with Gasteiger partial charge in [0, 0.05) is 37.8 Å². The number of ether oxygens (including phenoxy) is 2. The predicted octanol–water partition coefficient (Wildman–Crippen LogP) is 3.90. The monoisotopic (exact) mass is 472 g/mol. The summed E-state index contributed by atoms with van der Waals surface area (Å²) in [7, 11) is 1.61. The van der Waals surface area contributed by atoms with Crippen LogP contribution < -0.4 is 14.4 Å². The first-order valence-electron chi connectivity index (χ1n) is 10.6. The maximum absolute atomic E-state index is 12.8. The van der Waals surface area contributed by atoms with E-state index < -0.39 is 11.7 Å². The van der Waals surface area contributed by atoms with Crippen LogP contribution in [0.2, 0.25) is 0 Å². The Kier molecular flexibility index (Phi) is 6.85. The Morgan fingerprint density at radius 2 is 1.71 bits per heavy atom. The molecule has 0 radical (unpaired) electrons. The minimum Gasteiger partial charge on any atom is -0.497 e. The molecular weight excluding hydrogens is 449 g/mol. The zero-order chi connectivity index (χ0) is 24.1. The molecule has 34 heavy (non-hydrogen) atoms. The minimum atomic E-state index is -4.46. The number of nitrogens with zero attached hydrogens (tertiary/aromatic N) is 4. The van der Waals surface area contributed by atoms with Crippen molar-refractivity contribution in [3.8, 4) is 22.8 Å². The number of anilines is 1. The number of alkyl halides is 3. The highest BCUT2D eigenvalue weighted by Crippen LogP contribution is 2.31. The van der Waals surface area contributed by atoms with Crippen molar-refractivity contribution in [2.45, 2.75) is 6.18 Å². The molecule has 0 N–H and O–H groups in total. The summed E-state index contributed by atoms with van der Waals surface area (Å²) in [6.07, 6.45) is -2.96. The van der Waals surface area contributed by atoms with E-state index in [4.69, 9.17) is 9.47 Å². The number of carbonyl (C=O) groups is 1. The van der Waals surface area contributed by atoms with Crippen LogP contribution in [-0.4, -0.2) is 60.7 Å². The van der Waals surface area contributed by atoms with Gasteiger partial charge < -0.3 is 19.3 Å². The second kappa shape index (κ2) is 9.98. The van der Waals surface area contributed by atoms with Crippen molar-refractivity contribution < 1.29 is 27.4 Å². The van der Waals surface area contributed by atoms with Gasteiger partial charge >= 0.3 is 6.18 Å². The Morgan fingerprint density at radius 1 is 0.971 bits per heavy atom. The van der Waals surface area contributed by atoms with E-state index >= 15 is 0 Å². The van der Waals surface area contributed by atoms with Gasteiger partial charge in [-0.1, -0.05) is 6.07 Å². The minimum absolute atomic E-state index is 0.00820. The Morgan fingerprint density at radius 3 is 2.38 bits per heavy atom. The van der Waals surface area contributed by atoms with Gasteiger partial charge in [-0.15, -0.1) is 0 Å². The van der Waals surface area contributed by atoms with E-state index in [1.807, 2.05) is 30.3 Å². The van der Waals surface area contributed by atoms with Crippen LogP contribution >= 0.6 is 0 Å². The predicted molar refractivity (Wildman–Crippen MR) is 120 cm³/mol. The third kappa shape index (κ3) is 5.56. The van der Waals surface area contributed by atoms with E-state index in [1.54, 1.807) is 12.0 Å². The van der Waals surface area contributed by atoms with E-state index in [2.05, 4.69) is 14.9 Å². The van der Waals surface area contributed by atoms with Gasteiger partial charge in [-0.05, 0) is 42.5 Å². The molecular formula is C24H23F3N4O3. The second-order valence-corrected chi connectivity index (χ2v) is 7.67. The van der Waals surface area contributed by atoms with Gasteiger partial charge in [0.15, 0.2) is 6.61 Å². The lowest BCUT2D eigenvalue weighted by Crippen LogP contribution is -2.50. The molecule has 3 aromatic rings. The number of carbonyl (C=O) groups excluding carboxylic acids is 1. The lowest BCUT2D eigenvalue weighted by atomic mass is 10.1. The van der Waals surface area contributed by atoms with Crippen molar-refractivity contribution in [3.05, 3.63) is 66.5 Å². The van der Waals surface area contributed by atoms with Crippen LogP contribution in [0.1, 0.15) is 5.56 Å². The number of aromatic nitrogens is 2. The molecule has 1 saturated heterocycles. The lowest BCUT2D eigenvalue weighted by molar-refractivity contribution is -0.137. The summed E-state index contributed by atoms with van der Waals surface area (Å²) >= 11 is 0. The molecule has 0 spiro atoms. The summed E-state index contributed by atoms with van der Waals surface area (Å²) in [5.41, 5.74) is 0.899. The van der Waals surface area contributed by atoms with Crippen LogP contribution in [0.5, 0.6) is 11.5 Å². The average molecular weight is 472 g/mol. The summed E-state index contributed by atoms with van der Waals surface area (Å²) < 4.78 is 49.0. The van der Waals surface area contributed by atoms with Gasteiger partial charge in [0.05, 0.1) is 18.4 Å². The fourth-order valence-electron chi connectivity index (χ4n) is 3.62. The number of halogens is 3. The summed E-state index contributed by atoms with van der Waals surface area (Å²) in [6, 6.07) is 14.0. The molecule has 1 amide bonds. The molecule has 0 atom stereocenters. The number of methoxy groups -OCH3 is 1. The van der Waals surface area contributed by atoms with Crippen LogP contribution in [-0.2, 0) is 11.0 Å². The molecule has 1 aromatic heterocycles. The van der Waals surface area contributed by atoms with Crippen molar-refractivity contribution >= 4 is 11.7 Å². The zero-order valence-corrected chi connectivity index (χ0v) is 18.5. The Hall–Kier alpha value is -3.82. The molecule has 0 aliphatic carbocycles. The first-order valence-corrected chi connectivity index (χ1v) is 10.6. The summed E-state index contributed by atoms with van der Waals surface area (Å²) in [5, 5.41) is 0. The molecule has 178 valence electrons. The largest absolute Gasteiger partial charge is 0.497 e. The van der Waals surface area contributed by atoms with Crippen molar-refractivity contribution in [3.63, 3.8) is 0 Å². The SMILES string of the molecule is COc1ccc(-c2cc(N3CCN(C(=O)COc4cccc(C(F)(F)F)c4)CC3)ncn2)cc1. The number of hydrogen-bond acceptors (Lipinski definition) is 6. The number of amides is 1. The van der Waals surface area contributed by atoms with E-state index in [-0.39, 0.29) is 18.3 Å². The zero-order valence-electron chi connectivity index (χ0n) is 18.5. The number of rotatable bonds is 6. The van der Waals surface area contributed by atoms with Gasteiger partial charge in [0.2, 0.25) is 0 Å². The van der Waals surface area contributed by atoms with Gasteiger partial charge in [0.1, 0.15) is 23.6 Å². The van der Waals surface area contributed by atoms with Crippen LogP contribution in [0, 0.1) is 0 Å². The Balaban J connectivity index is 1.32. The molecule has 1 aliphatic rings. The van der Waals surface area contributed by atoms with Gasteiger partial charge in [-0.2, -0.15) is 13.2 Å². The lowest BCUT2D eigenvalue weighted by Gasteiger charge is -2.35. The molecule has 2 heterocycles. The van der Waals surface area contributed by atoms with Crippen LogP contribution in [0.15, 0.2) is 60.9 Å². The third-order valence-corrected chi connectivity index (χ3v) is 5.52. The molecule has 4 rings (SSSR count). The number of hydrogen-bond donors (Lipinski definition) is 0.